The number of amides is 1. The molecule has 1 N–H and O–H groups in total. The van der Waals surface area contributed by atoms with Gasteiger partial charge in [-0.3, -0.25) is 9.48 Å². The molecule has 0 fully saturated rings. The third-order valence-corrected chi connectivity index (χ3v) is 4.94. The van der Waals surface area contributed by atoms with Crippen LogP contribution in [0.1, 0.15) is 12.5 Å². The summed E-state index contributed by atoms with van der Waals surface area (Å²) in [5.41, 5.74) is 1.87. The summed E-state index contributed by atoms with van der Waals surface area (Å²) in [5.74, 6) is 0.752. The van der Waals surface area contributed by atoms with Crippen molar-refractivity contribution in [2.24, 2.45) is 0 Å². The topological polar surface area (TPSA) is 56.1 Å². The van der Waals surface area contributed by atoms with E-state index in [2.05, 4.69) is 10.4 Å². The second-order valence-electron chi connectivity index (χ2n) is 5.84. The van der Waals surface area contributed by atoms with E-state index < -0.39 is 0 Å². The Morgan fingerprint density at radius 2 is 1.92 bits per heavy atom. The highest BCUT2D eigenvalue weighted by molar-refractivity contribution is 8.00. The molecule has 0 aliphatic rings. The zero-order valence-corrected chi connectivity index (χ0v) is 15.6. The van der Waals surface area contributed by atoms with Crippen LogP contribution in [0.25, 0.3) is 0 Å². The fraction of sp³-hybridized carbons (Fsp3) is 0.200. The van der Waals surface area contributed by atoms with E-state index in [4.69, 9.17) is 4.74 Å². The molecule has 0 radical (unpaired) electrons. The van der Waals surface area contributed by atoms with Gasteiger partial charge in [-0.05, 0) is 36.8 Å². The quantitative estimate of drug-likeness (QED) is 0.640. The van der Waals surface area contributed by atoms with Crippen LogP contribution in [0.15, 0.2) is 71.9 Å². The lowest BCUT2D eigenvalue weighted by Crippen LogP contribution is -2.22. The normalized spacial score (nSPS) is 11.8. The minimum atomic E-state index is -0.221. The van der Waals surface area contributed by atoms with Crippen molar-refractivity contribution in [2.75, 3.05) is 12.4 Å². The fourth-order valence-corrected chi connectivity index (χ4v) is 3.31. The number of methoxy groups -OCH3 is 1. The molecule has 5 nitrogen and oxygen atoms in total. The molecule has 0 bridgehead atoms. The van der Waals surface area contributed by atoms with Gasteiger partial charge in [0.2, 0.25) is 5.91 Å². The minimum absolute atomic E-state index is 0.0509. The van der Waals surface area contributed by atoms with Crippen LogP contribution in [-0.4, -0.2) is 28.0 Å². The Labute approximate surface area is 157 Å². The summed E-state index contributed by atoms with van der Waals surface area (Å²) in [5, 5.41) is 7.01. The molecule has 1 heterocycles. The van der Waals surface area contributed by atoms with Crippen LogP contribution in [0.3, 0.4) is 0 Å². The lowest BCUT2D eigenvalue weighted by atomic mass is 10.2. The molecule has 0 spiro atoms. The zero-order valence-electron chi connectivity index (χ0n) is 14.8. The maximum absolute atomic E-state index is 12.4. The standard InChI is InChI=1S/C20H21N3O2S/c1-15(26-19-10-8-18(25-2)9-11-19)20(24)22-17-12-21-23(14-17)13-16-6-4-3-5-7-16/h3-12,14-15H,13H2,1-2H3,(H,22,24). The Bertz CT molecular complexity index is 847. The number of aromatic nitrogens is 2. The second kappa shape index (κ2) is 8.58. The van der Waals surface area contributed by atoms with Gasteiger partial charge < -0.3 is 10.1 Å². The molecule has 1 amide bonds. The molecule has 6 heteroatoms. The molecule has 1 atom stereocenters. The molecule has 3 rings (SSSR count). The van der Waals surface area contributed by atoms with Gasteiger partial charge in [-0.25, -0.2) is 0 Å². The largest absolute Gasteiger partial charge is 0.497 e. The summed E-state index contributed by atoms with van der Waals surface area (Å²) >= 11 is 1.50. The maximum Gasteiger partial charge on any atom is 0.237 e. The van der Waals surface area contributed by atoms with Gasteiger partial charge in [0.15, 0.2) is 0 Å². The van der Waals surface area contributed by atoms with E-state index in [9.17, 15) is 4.79 Å². The van der Waals surface area contributed by atoms with Crippen molar-refractivity contribution >= 4 is 23.4 Å². The number of carbonyl (C=O) groups excluding carboxylic acids is 1. The van der Waals surface area contributed by atoms with Crippen molar-refractivity contribution in [3.05, 3.63) is 72.6 Å². The van der Waals surface area contributed by atoms with Crippen LogP contribution in [0.2, 0.25) is 0 Å². The van der Waals surface area contributed by atoms with Gasteiger partial charge in [0.1, 0.15) is 5.75 Å². The number of rotatable bonds is 7. The molecule has 0 aliphatic heterocycles. The molecule has 1 aromatic heterocycles. The Hall–Kier alpha value is -2.73. The van der Waals surface area contributed by atoms with Crippen molar-refractivity contribution < 1.29 is 9.53 Å². The predicted molar refractivity (Wildman–Crippen MR) is 105 cm³/mol. The highest BCUT2D eigenvalue weighted by Crippen LogP contribution is 2.26. The highest BCUT2D eigenvalue weighted by atomic mass is 32.2. The number of carbonyl (C=O) groups is 1. The second-order valence-corrected chi connectivity index (χ2v) is 7.25. The molecule has 1 unspecified atom stereocenters. The molecule has 3 aromatic rings. The average molecular weight is 367 g/mol. The molecule has 0 saturated carbocycles. The predicted octanol–water partition coefficient (Wildman–Crippen LogP) is 4.06. The summed E-state index contributed by atoms with van der Waals surface area (Å²) in [6, 6.07) is 17.8. The van der Waals surface area contributed by atoms with E-state index in [-0.39, 0.29) is 11.2 Å². The Balaban J connectivity index is 1.55. The minimum Gasteiger partial charge on any atom is -0.497 e. The number of nitrogens with one attached hydrogen (secondary N) is 1. The number of nitrogens with zero attached hydrogens (tertiary/aromatic N) is 2. The van der Waals surface area contributed by atoms with Crippen molar-refractivity contribution in [1.82, 2.24) is 9.78 Å². The van der Waals surface area contributed by atoms with Gasteiger partial charge in [-0.2, -0.15) is 5.10 Å². The van der Waals surface area contributed by atoms with Gasteiger partial charge in [0, 0.05) is 11.1 Å². The van der Waals surface area contributed by atoms with Gasteiger partial charge in [0.25, 0.3) is 0 Å². The highest BCUT2D eigenvalue weighted by Gasteiger charge is 2.15. The monoisotopic (exact) mass is 367 g/mol. The van der Waals surface area contributed by atoms with Gasteiger partial charge >= 0.3 is 0 Å². The molecule has 26 heavy (non-hydrogen) atoms. The molecule has 0 saturated heterocycles. The number of thioether (sulfide) groups is 1. The lowest BCUT2D eigenvalue weighted by Gasteiger charge is -2.11. The smallest absolute Gasteiger partial charge is 0.237 e. The summed E-state index contributed by atoms with van der Waals surface area (Å²) in [7, 11) is 1.64. The van der Waals surface area contributed by atoms with Gasteiger partial charge in [0.05, 0.1) is 30.8 Å². The summed E-state index contributed by atoms with van der Waals surface area (Å²) in [6.07, 6.45) is 3.52. The Kier molecular flexibility index (Phi) is 5.96. The number of benzene rings is 2. The molecular formula is C20H21N3O2S. The van der Waals surface area contributed by atoms with E-state index in [0.717, 1.165) is 16.2 Å². The van der Waals surface area contributed by atoms with Crippen LogP contribution in [0.4, 0.5) is 5.69 Å². The van der Waals surface area contributed by atoms with E-state index in [1.54, 1.807) is 13.3 Å². The van der Waals surface area contributed by atoms with Gasteiger partial charge in [-0.15, -0.1) is 11.8 Å². The van der Waals surface area contributed by atoms with Crippen molar-refractivity contribution in [3.63, 3.8) is 0 Å². The molecule has 134 valence electrons. The van der Waals surface area contributed by atoms with E-state index in [1.165, 1.54) is 11.8 Å². The first-order valence-corrected chi connectivity index (χ1v) is 9.20. The first-order valence-electron chi connectivity index (χ1n) is 8.32. The summed E-state index contributed by atoms with van der Waals surface area (Å²) in [6.45, 7) is 2.56. The first-order chi connectivity index (χ1) is 12.6. The SMILES string of the molecule is COc1ccc(SC(C)C(=O)Nc2cnn(Cc3ccccc3)c2)cc1. The third kappa shape index (κ3) is 4.89. The van der Waals surface area contributed by atoms with Crippen molar-refractivity contribution in [3.8, 4) is 5.75 Å². The zero-order chi connectivity index (χ0) is 18.4. The van der Waals surface area contributed by atoms with Crippen LogP contribution in [-0.2, 0) is 11.3 Å². The number of hydrogen-bond acceptors (Lipinski definition) is 4. The number of anilines is 1. The van der Waals surface area contributed by atoms with Crippen molar-refractivity contribution in [2.45, 2.75) is 23.6 Å². The first kappa shape index (κ1) is 18.1. The van der Waals surface area contributed by atoms with Crippen LogP contribution in [0.5, 0.6) is 5.75 Å². The van der Waals surface area contributed by atoms with Gasteiger partial charge in [-0.1, -0.05) is 30.3 Å². The number of hydrogen-bond donors (Lipinski definition) is 1. The molecule has 0 aliphatic carbocycles. The molecule has 2 aromatic carbocycles. The van der Waals surface area contributed by atoms with E-state index in [0.29, 0.717) is 12.2 Å². The van der Waals surface area contributed by atoms with E-state index in [1.807, 2.05) is 72.4 Å². The Morgan fingerprint density at radius 3 is 2.62 bits per heavy atom. The third-order valence-electron chi connectivity index (χ3n) is 3.83. The van der Waals surface area contributed by atoms with Crippen LogP contribution < -0.4 is 10.1 Å². The van der Waals surface area contributed by atoms with Crippen molar-refractivity contribution in [1.29, 1.82) is 0 Å². The fourth-order valence-electron chi connectivity index (χ4n) is 2.44. The number of ether oxygens (including phenoxy) is 1. The van der Waals surface area contributed by atoms with E-state index >= 15 is 0 Å². The average Bonchev–Trinajstić information content (AvgIpc) is 3.10. The van der Waals surface area contributed by atoms with Crippen LogP contribution in [0, 0.1) is 0 Å². The lowest BCUT2D eigenvalue weighted by molar-refractivity contribution is -0.115. The Morgan fingerprint density at radius 1 is 1.19 bits per heavy atom. The van der Waals surface area contributed by atoms with Crippen LogP contribution >= 0.6 is 11.8 Å². The maximum atomic E-state index is 12.4. The summed E-state index contributed by atoms with van der Waals surface area (Å²) in [4.78, 5) is 13.4. The molecular weight excluding hydrogens is 346 g/mol. The summed E-state index contributed by atoms with van der Waals surface area (Å²) < 4.78 is 6.96.